The van der Waals surface area contributed by atoms with Gasteiger partial charge in [-0.25, -0.2) is 0 Å². The summed E-state index contributed by atoms with van der Waals surface area (Å²) >= 11 is 0. The molecule has 1 spiro atoms. The van der Waals surface area contributed by atoms with Crippen molar-refractivity contribution in [2.75, 3.05) is 6.54 Å². The quantitative estimate of drug-likeness (QED) is 0.668. The highest BCUT2D eigenvalue weighted by Crippen LogP contribution is 2.68. The summed E-state index contributed by atoms with van der Waals surface area (Å²) in [5.74, 6) is 1.27. The van der Waals surface area contributed by atoms with Crippen LogP contribution in [0.4, 0.5) is 0 Å². The largest absolute Gasteiger partial charge is 0.393 e. The molecule has 2 N–H and O–H groups in total. The van der Waals surface area contributed by atoms with E-state index in [4.69, 9.17) is 4.74 Å². The van der Waals surface area contributed by atoms with Gasteiger partial charge in [-0.1, -0.05) is 27.7 Å². The van der Waals surface area contributed by atoms with Gasteiger partial charge in [0.05, 0.1) is 17.8 Å². The summed E-state index contributed by atoms with van der Waals surface area (Å²) in [5, 5.41) is 14.0. The lowest BCUT2D eigenvalue weighted by Crippen LogP contribution is -2.72. The Labute approximate surface area is 168 Å². The van der Waals surface area contributed by atoms with E-state index in [1.165, 1.54) is 0 Å². The molecule has 5 rings (SSSR count). The second kappa shape index (κ2) is 5.81. The van der Waals surface area contributed by atoms with Crippen molar-refractivity contribution in [1.82, 2.24) is 5.32 Å². The Kier molecular flexibility index (Phi) is 3.95. The molecule has 0 aromatic rings. The summed E-state index contributed by atoms with van der Waals surface area (Å²) in [7, 11) is 0. The van der Waals surface area contributed by atoms with Gasteiger partial charge in [0.25, 0.3) is 0 Å². The molecule has 9 atom stereocenters. The molecule has 0 aromatic carbocycles. The fraction of sp³-hybridized carbons (Fsp3) is 0.913. The highest BCUT2D eigenvalue weighted by molar-refractivity contribution is 5.86. The highest BCUT2D eigenvalue weighted by Gasteiger charge is 2.70. The first-order valence-electron chi connectivity index (χ1n) is 11.3. The lowest BCUT2D eigenvalue weighted by Gasteiger charge is -2.69. The van der Waals surface area contributed by atoms with Crippen LogP contribution in [0.25, 0.3) is 0 Å². The number of ketones is 1. The van der Waals surface area contributed by atoms with Crippen molar-refractivity contribution in [2.45, 2.75) is 84.0 Å². The van der Waals surface area contributed by atoms with Crippen LogP contribution < -0.4 is 5.32 Å². The summed E-state index contributed by atoms with van der Waals surface area (Å²) < 4.78 is 7.17. The molecule has 28 heavy (non-hydrogen) atoms. The molecule has 2 heterocycles. The van der Waals surface area contributed by atoms with Crippen LogP contribution in [0.15, 0.2) is 0 Å². The molecule has 2 aliphatic heterocycles. The number of carbonyl (C=O) groups excluding carboxylic acids is 2. The first kappa shape index (κ1) is 19.0. The van der Waals surface area contributed by atoms with E-state index in [0.29, 0.717) is 31.1 Å². The van der Waals surface area contributed by atoms with Crippen LogP contribution in [0.2, 0.25) is 0 Å². The lowest BCUT2D eigenvalue weighted by molar-refractivity contribution is -0.322. The molecule has 9 unspecified atom stereocenters. The molecule has 0 radical (unpaired) electrons. The topological polar surface area (TPSA) is 75.6 Å². The minimum absolute atomic E-state index is 0.0427. The first-order valence-corrected chi connectivity index (χ1v) is 11.3. The molecule has 5 aliphatic rings. The number of hydrogen-bond donors (Lipinski definition) is 2. The molecule has 5 fully saturated rings. The van der Waals surface area contributed by atoms with Gasteiger partial charge in [0.2, 0.25) is 5.91 Å². The molecule has 5 nitrogen and oxygen atoms in total. The third-order valence-electron chi connectivity index (χ3n) is 10.0. The molecule has 5 heteroatoms. The lowest BCUT2D eigenvalue weighted by atomic mass is 9.42. The first-order chi connectivity index (χ1) is 13.1. The Morgan fingerprint density at radius 2 is 1.89 bits per heavy atom. The number of Topliss-reactive ketones (excluding diaryl/α,β-unsaturated/α-hetero) is 1. The Morgan fingerprint density at radius 3 is 2.64 bits per heavy atom. The molecule has 0 bridgehead atoms. The molecule has 3 saturated carbocycles. The summed E-state index contributed by atoms with van der Waals surface area (Å²) in [5.41, 5.74) is -0.738. The zero-order valence-electron chi connectivity index (χ0n) is 17.7. The van der Waals surface area contributed by atoms with E-state index < -0.39 is 6.10 Å². The number of nitrogens with one attached hydrogen (secondary N) is 1. The maximum absolute atomic E-state index is 12.8. The summed E-state index contributed by atoms with van der Waals surface area (Å²) in [6, 6.07) is 0. The minimum Gasteiger partial charge on any atom is -0.393 e. The fourth-order valence-corrected chi connectivity index (χ4v) is 8.10. The molecular weight excluding hydrogens is 354 g/mol. The standard InChI is InChI=1S/C23H35NO4/c1-12-5-6-17-21(2,3)18(26)7-8-23(17)22(12,4)10-14-16(25)9-13-15(19(14)28-23)11-24-20(13)27/h12-17,19,25H,5-11H2,1-4H3,(H,24,27). The average molecular weight is 390 g/mol. The van der Waals surface area contributed by atoms with Crippen LogP contribution in [-0.2, 0) is 14.3 Å². The van der Waals surface area contributed by atoms with Gasteiger partial charge in [-0.15, -0.1) is 0 Å². The third-order valence-corrected chi connectivity index (χ3v) is 10.0. The number of amides is 1. The number of rotatable bonds is 0. The second-order valence-electron chi connectivity index (χ2n) is 11.3. The second-order valence-corrected chi connectivity index (χ2v) is 11.3. The van der Waals surface area contributed by atoms with Crippen LogP contribution in [0.3, 0.4) is 0 Å². The van der Waals surface area contributed by atoms with E-state index in [0.717, 1.165) is 25.7 Å². The molecule has 2 saturated heterocycles. The highest BCUT2D eigenvalue weighted by atomic mass is 16.5. The van der Waals surface area contributed by atoms with Crippen LogP contribution in [0, 0.1) is 40.4 Å². The Hall–Kier alpha value is -0.940. The van der Waals surface area contributed by atoms with Crippen molar-refractivity contribution in [3.63, 3.8) is 0 Å². The van der Waals surface area contributed by atoms with Crippen molar-refractivity contribution < 1.29 is 19.4 Å². The number of carbonyl (C=O) groups is 2. The maximum Gasteiger partial charge on any atom is 0.223 e. The van der Waals surface area contributed by atoms with Crippen molar-refractivity contribution >= 4 is 11.7 Å². The molecular formula is C23H35NO4. The molecule has 156 valence electrons. The van der Waals surface area contributed by atoms with Gasteiger partial charge in [-0.2, -0.15) is 0 Å². The van der Waals surface area contributed by atoms with Gasteiger partial charge in [0.1, 0.15) is 5.78 Å². The van der Waals surface area contributed by atoms with Crippen molar-refractivity contribution in [1.29, 1.82) is 0 Å². The van der Waals surface area contributed by atoms with Crippen molar-refractivity contribution in [2.24, 2.45) is 40.4 Å². The Morgan fingerprint density at radius 1 is 1.14 bits per heavy atom. The average Bonchev–Trinajstić information content (AvgIpc) is 3.00. The summed E-state index contributed by atoms with van der Waals surface area (Å²) in [6.07, 6.45) is 4.45. The van der Waals surface area contributed by atoms with Gasteiger partial charge in [-0.05, 0) is 43.4 Å². The maximum atomic E-state index is 12.8. The number of fused-ring (bicyclic) bond motifs is 3. The van der Waals surface area contributed by atoms with Crippen LogP contribution in [0.1, 0.15) is 66.2 Å². The van der Waals surface area contributed by atoms with E-state index in [2.05, 4.69) is 33.0 Å². The van der Waals surface area contributed by atoms with Crippen LogP contribution in [0.5, 0.6) is 0 Å². The van der Waals surface area contributed by atoms with Gasteiger partial charge in [0, 0.05) is 42.1 Å². The predicted molar refractivity (Wildman–Crippen MR) is 104 cm³/mol. The van der Waals surface area contributed by atoms with Crippen molar-refractivity contribution in [3.8, 4) is 0 Å². The van der Waals surface area contributed by atoms with E-state index >= 15 is 0 Å². The van der Waals surface area contributed by atoms with E-state index in [1.807, 2.05) is 0 Å². The molecule has 1 amide bonds. The normalized spacial score (nSPS) is 54.8. The molecule has 3 aliphatic carbocycles. The number of aliphatic hydroxyl groups excluding tert-OH is 1. The summed E-state index contributed by atoms with van der Waals surface area (Å²) in [6.45, 7) is 9.59. The van der Waals surface area contributed by atoms with E-state index in [1.54, 1.807) is 0 Å². The molecule has 0 aromatic heterocycles. The van der Waals surface area contributed by atoms with Gasteiger partial charge in [0.15, 0.2) is 0 Å². The van der Waals surface area contributed by atoms with E-state index in [-0.39, 0.29) is 52.1 Å². The Balaban J connectivity index is 1.60. The summed E-state index contributed by atoms with van der Waals surface area (Å²) in [4.78, 5) is 25.2. The van der Waals surface area contributed by atoms with Crippen molar-refractivity contribution in [3.05, 3.63) is 0 Å². The third kappa shape index (κ3) is 2.15. The zero-order chi connectivity index (χ0) is 20.1. The SMILES string of the molecule is CC1CCC2C(C)(C)C(=O)CCC23OC2C(CC13C)C(O)CC1C(=O)NCC12. The fourth-order valence-electron chi connectivity index (χ4n) is 8.10. The minimum atomic E-state index is -0.477. The van der Waals surface area contributed by atoms with Crippen LogP contribution in [-0.4, -0.2) is 41.2 Å². The van der Waals surface area contributed by atoms with Gasteiger partial charge in [-0.3, -0.25) is 9.59 Å². The van der Waals surface area contributed by atoms with Crippen LogP contribution >= 0.6 is 0 Å². The Bertz CT molecular complexity index is 719. The van der Waals surface area contributed by atoms with Gasteiger partial charge >= 0.3 is 0 Å². The predicted octanol–water partition coefficient (Wildman–Crippen LogP) is 2.70. The monoisotopic (exact) mass is 389 g/mol. The zero-order valence-corrected chi connectivity index (χ0v) is 17.7. The number of ether oxygens (including phenoxy) is 1. The van der Waals surface area contributed by atoms with E-state index in [9.17, 15) is 14.7 Å². The van der Waals surface area contributed by atoms with Gasteiger partial charge < -0.3 is 15.2 Å². The smallest absolute Gasteiger partial charge is 0.223 e. The number of aliphatic hydroxyl groups is 1. The number of hydrogen-bond acceptors (Lipinski definition) is 4.